The molecule has 1 aromatic carbocycles. The first kappa shape index (κ1) is 22.8. The first-order valence-electron chi connectivity index (χ1n) is 11.9. The highest BCUT2D eigenvalue weighted by Gasteiger charge is 2.65. The fourth-order valence-electron chi connectivity index (χ4n) is 6.11. The van der Waals surface area contributed by atoms with E-state index >= 15 is 0 Å². The van der Waals surface area contributed by atoms with E-state index in [1.54, 1.807) is 26.1 Å². The lowest BCUT2D eigenvalue weighted by molar-refractivity contribution is 0.0738. The van der Waals surface area contributed by atoms with Crippen molar-refractivity contribution in [3.8, 4) is 23.0 Å². The predicted octanol–water partition coefficient (Wildman–Crippen LogP) is 5.30. The van der Waals surface area contributed by atoms with Gasteiger partial charge in [-0.25, -0.2) is 23.7 Å². The van der Waals surface area contributed by atoms with Crippen LogP contribution in [0.3, 0.4) is 0 Å². The Morgan fingerprint density at radius 3 is 2.53 bits per heavy atom. The Kier molecular flexibility index (Phi) is 4.73. The second kappa shape index (κ2) is 7.46. The van der Waals surface area contributed by atoms with E-state index in [-0.39, 0.29) is 28.5 Å². The summed E-state index contributed by atoms with van der Waals surface area (Å²) in [6, 6.07) is 7.43. The number of benzene rings is 1. The molecule has 6 rings (SSSR count). The summed E-state index contributed by atoms with van der Waals surface area (Å²) in [7, 11) is 0. The second-order valence-electron chi connectivity index (χ2n) is 10.7. The van der Waals surface area contributed by atoms with Gasteiger partial charge in [-0.2, -0.15) is 5.10 Å². The number of hydrogen-bond acceptors (Lipinski definition) is 7. The van der Waals surface area contributed by atoms with Gasteiger partial charge in [0.15, 0.2) is 0 Å². The molecule has 0 radical (unpaired) electrons. The largest absolute Gasteiger partial charge is 0.442 e. The molecule has 0 unspecified atom stereocenters. The number of hydrogen-bond donors (Lipinski definition) is 1. The van der Waals surface area contributed by atoms with Gasteiger partial charge >= 0.3 is 0 Å². The van der Waals surface area contributed by atoms with E-state index < -0.39 is 22.7 Å². The number of halogens is 2. The Bertz CT molecular complexity index is 1490. The zero-order valence-corrected chi connectivity index (χ0v) is 20.4. The Morgan fingerprint density at radius 1 is 1.08 bits per heavy atom. The summed E-state index contributed by atoms with van der Waals surface area (Å²) in [5.41, 5.74) is 0.888. The van der Waals surface area contributed by atoms with Crippen LogP contribution in [-0.2, 0) is 11.0 Å². The van der Waals surface area contributed by atoms with Crippen LogP contribution >= 0.6 is 0 Å². The predicted molar refractivity (Wildman–Crippen MR) is 127 cm³/mol. The second-order valence-corrected chi connectivity index (χ2v) is 10.7. The minimum absolute atomic E-state index is 0.124. The molecule has 36 heavy (non-hydrogen) atoms. The standard InChI is InChI=1S/C27H25F2N5O2/c1-25(2)15-8-10-27(25,19-9-11-30-23(31-19)24-32-20(13-36-24)26(3,4)35)22-14(15)12-18(33-34-22)21-16(28)6-5-7-17(21)29/h5-7,9,11-13,15,35H,8,10H2,1-4H3/t15-,27+/m0/s1. The molecule has 2 aliphatic carbocycles. The quantitative estimate of drug-likeness (QED) is 0.416. The van der Waals surface area contributed by atoms with Crippen molar-refractivity contribution in [3.05, 3.63) is 77.1 Å². The van der Waals surface area contributed by atoms with Gasteiger partial charge in [0.25, 0.3) is 5.89 Å². The number of nitrogens with zero attached hydrogens (tertiary/aromatic N) is 5. The molecule has 2 atom stereocenters. The first-order chi connectivity index (χ1) is 17.0. The summed E-state index contributed by atoms with van der Waals surface area (Å²) in [5.74, 6) is -0.689. The number of rotatable bonds is 4. The van der Waals surface area contributed by atoms with Crippen molar-refractivity contribution >= 4 is 0 Å². The van der Waals surface area contributed by atoms with Crippen LogP contribution in [0.5, 0.6) is 0 Å². The number of oxazole rings is 1. The lowest BCUT2D eigenvalue weighted by Crippen LogP contribution is -2.38. The number of fused-ring (bicyclic) bond motifs is 5. The summed E-state index contributed by atoms with van der Waals surface area (Å²) >= 11 is 0. The maximum absolute atomic E-state index is 14.5. The van der Waals surface area contributed by atoms with Gasteiger partial charge in [0.2, 0.25) is 5.82 Å². The highest BCUT2D eigenvalue weighted by atomic mass is 19.1. The Hall–Kier alpha value is -3.59. The normalized spacial score (nSPS) is 22.1. The summed E-state index contributed by atoms with van der Waals surface area (Å²) < 4.78 is 34.6. The van der Waals surface area contributed by atoms with Gasteiger partial charge in [-0.3, -0.25) is 0 Å². The minimum Gasteiger partial charge on any atom is -0.442 e. The summed E-state index contributed by atoms with van der Waals surface area (Å²) in [6.07, 6.45) is 4.75. The van der Waals surface area contributed by atoms with Gasteiger partial charge in [0.1, 0.15) is 29.2 Å². The van der Waals surface area contributed by atoms with Gasteiger partial charge in [0, 0.05) is 6.20 Å². The third-order valence-corrected chi connectivity index (χ3v) is 8.02. The van der Waals surface area contributed by atoms with Crippen LogP contribution in [0.4, 0.5) is 8.78 Å². The molecule has 2 bridgehead atoms. The summed E-state index contributed by atoms with van der Waals surface area (Å²) in [4.78, 5) is 13.6. The zero-order chi connectivity index (χ0) is 25.5. The molecule has 0 saturated heterocycles. The van der Waals surface area contributed by atoms with Crippen molar-refractivity contribution in [1.82, 2.24) is 25.1 Å². The lowest BCUT2D eigenvalue weighted by atomic mass is 9.66. The van der Waals surface area contributed by atoms with Crippen molar-refractivity contribution in [3.63, 3.8) is 0 Å². The van der Waals surface area contributed by atoms with E-state index in [2.05, 4.69) is 34.0 Å². The smallest absolute Gasteiger partial charge is 0.265 e. The van der Waals surface area contributed by atoms with Crippen LogP contribution in [0.1, 0.15) is 69.1 Å². The van der Waals surface area contributed by atoms with E-state index in [0.29, 0.717) is 11.5 Å². The van der Waals surface area contributed by atoms with Crippen molar-refractivity contribution in [2.75, 3.05) is 0 Å². The van der Waals surface area contributed by atoms with E-state index in [1.165, 1.54) is 24.5 Å². The number of aliphatic hydroxyl groups is 1. The van der Waals surface area contributed by atoms with Crippen LogP contribution in [0, 0.1) is 17.0 Å². The summed E-state index contributed by atoms with van der Waals surface area (Å²) in [6.45, 7) is 7.60. The SMILES string of the molecule is CC(C)(O)c1coc(-c2nccc([C@]34CC[C@@H](c5cc(-c6c(F)cccc6F)nnc53)C4(C)C)n2)n1. The van der Waals surface area contributed by atoms with Gasteiger partial charge in [-0.1, -0.05) is 19.9 Å². The van der Waals surface area contributed by atoms with E-state index in [9.17, 15) is 13.9 Å². The zero-order valence-electron chi connectivity index (χ0n) is 20.4. The van der Waals surface area contributed by atoms with Gasteiger partial charge in [0.05, 0.1) is 28.1 Å². The molecule has 3 aromatic heterocycles. The van der Waals surface area contributed by atoms with Crippen molar-refractivity contribution in [2.24, 2.45) is 5.41 Å². The first-order valence-corrected chi connectivity index (χ1v) is 11.9. The molecule has 7 nitrogen and oxygen atoms in total. The Morgan fingerprint density at radius 2 is 1.83 bits per heavy atom. The highest BCUT2D eigenvalue weighted by molar-refractivity contribution is 5.64. The third-order valence-electron chi connectivity index (χ3n) is 8.02. The monoisotopic (exact) mass is 489 g/mol. The van der Waals surface area contributed by atoms with Crippen molar-refractivity contribution in [1.29, 1.82) is 0 Å². The highest BCUT2D eigenvalue weighted by Crippen LogP contribution is 2.69. The van der Waals surface area contributed by atoms with Crippen molar-refractivity contribution < 1.29 is 18.3 Å². The maximum Gasteiger partial charge on any atom is 0.265 e. The molecule has 1 N–H and O–H groups in total. The van der Waals surface area contributed by atoms with Gasteiger partial charge in [-0.05, 0) is 67.9 Å². The molecule has 1 fully saturated rings. The molecule has 1 saturated carbocycles. The van der Waals surface area contributed by atoms with Crippen LogP contribution in [0.15, 0.2) is 47.2 Å². The fraction of sp³-hybridized carbons (Fsp3) is 0.370. The van der Waals surface area contributed by atoms with Gasteiger partial charge in [-0.15, -0.1) is 5.10 Å². The maximum atomic E-state index is 14.5. The van der Waals surface area contributed by atoms with Crippen molar-refractivity contribution in [2.45, 2.75) is 57.5 Å². The van der Waals surface area contributed by atoms with Crippen LogP contribution < -0.4 is 0 Å². The minimum atomic E-state index is -1.16. The van der Waals surface area contributed by atoms with E-state index in [4.69, 9.17) is 9.40 Å². The van der Waals surface area contributed by atoms with Crippen LogP contribution in [0.2, 0.25) is 0 Å². The molecule has 3 heterocycles. The molecule has 184 valence electrons. The van der Waals surface area contributed by atoms with Crippen LogP contribution in [0.25, 0.3) is 23.0 Å². The van der Waals surface area contributed by atoms with E-state index in [0.717, 1.165) is 29.8 Å². The Balaban J connectivity index is 1.48. The van der Waals surface area contributed by atoms with E-state index in [1.807, 2.05) is 6.07 Å². The number of aromatic nitrogens is 5. The van der Waals surface area contributed by atoms with Crippen LogP contribution in [-0.4, -0.2) is 30.3 Å². The Labute approximate surface area is 206 Å². The molecule has 0 aliphatic heterocycles. The average Bonchev–Trinajstić information content (AvgIpc) is 3.48. The molecule has 0 spiro atoms. The molecule has 4 aromatic rings. The topological polar surface area (TPSA) is 97.8 Å². The molecule has 9 heteroatoms. The molecular formula is C27H25F2N5O2. The lowest BCUT2D eigenvalue weighted by Gasteiger charge is -2.37. The molecular weight excluding hydrogens is 464 g/mol. The average molecular weight is 490 g/mol. The molecule has 0 amide bonds. The summed E-state index contributed by atoms with van der Waals surface area (Å²) in [5, 5.41) is 19.1. The molecule has 2 aliphatic rings. The van der Waals surface area contributed by atoms with Gasteiger partial charge < -0.3 is 9.52 Å². The fourth-order valence-corrected chi connectivity index (χ4v) is 6.11. The third kappa shape index (κ3) is 3.01.